The van der Waals surface area contributed by atoms with Crippen LogP contribution in [-0.2, 0) is 0 Å². The van der Waals surface area contributed by atoms with Gasteiger partial charge in [-0.05, 0) is 24.2 Å². The zero-order chi connectivity index (χ0) is 11.7. The number of carbonyl (C=O) groups is 1. The van der Waals surface area contributed by atoms with Gasteiger partial charge in [-0.25, -0.2) is 4.79 Å². The molecule has 4 nitrogen and oxygen atoms in total. The fourth-order valence-electron chi connectivity index (χ4n) is 0.492. The summed E-state index contributed by atoms with van der Waals surface area (Å²) in [5.41, 5.74) is 1.11. The van der Waals surface area contributed by atoms with Gasteiger partial charge < -0.3 is 10.5 Å². The van der Waals surface area contributed by atoms with E-state index in [0.29, 0.717) is 0 Å². The number of hydrazine groups is 1. The van der Waals surface area contributed by atoms with Gasteiger partial charge >= 0.3 is 5.97 Å². The van der Waals surface area contributed by atoms with Crippen molar-refractivity contribution in [3.8, 4) is 0 Å². The standard InChI is InChI=1S/C7H8N2O2.ClH/c8-9-6-3-1-5(2-4-6)7(10)11;/h1-4,9H,8H2,(H,10,11);1H/i1D,2D,3D,4D;. The van der Waals surface area contributed by atoms with Crippen molar-refractivity contribution >= 4 is 24.1 Å². The number of nitrogens with two attached hydrogens (primary N) is 1. The van der Waals surface area contributed by atoms with E-state index < -0.39 is 35.7 Å². The minimum atomic E-state index is -1.50. The van der Waals surface area contributed by atoms with Crippen LogP contribution in [0.15, 0.2) is 24.2 Å². The first-order chi connectivity index (χ1) is 6.91. The SMILES string of the molecule is Cl.[2H]c1c([2H])c(C(=O)O)c([2H])c([2H])c1NN. The van der Waals surface area contributed by atoms with E-state index in [9.17, 15) is 4.79 Å². The van der Waals surface area contributed by atoms with Gasteiger partial charge in [0.1, 0.15) is 0 Å². The number of hydrogen-bond acceptors (Lipinski definition) is 3. The van der Waals surface area contributed by atoms with Crippen molar-refractivity contribution in [2.75, 3.05) is 5.43 Å². The van der Waals surface area contributed by atoms with Crippen molar-refractivity contribution in [3.05, 3.63) is 29.7 Å². The number of hydrogen-bond donors (Lipinski definition) is 3. The second-order valence-electron chi connectivity index (χ2n) is 1.70. The zero-order valence-electron chi connectivity index (χ0n) is 9.84. The molecule has 0 aromatic heterocycles. The minimum Gasteiger partial charge on any atom is -0.478 e. The minimum absolute atomic E-state index is 0. The lowest BCUT2D eigenvalue weighted by atomic mass is 10.2. The van der Waals surface area contributed by atoms with Gasteiger partial charge in [0.15, 0.2) is 0 Å². The van der Waals surface area contributed by atoms with Gasteiger partial charge in [0, 0.05) is 5.69 Å². The Morgan fingerprint density at radius 2 is 2.00 bits per heavy atom. The van der Waals surface area contributed by atoms with E-state index in [4.69, 9.17) is 16.4 Å². The average Bonchev–Trinajstić information content (AvgIpc) is 2.16. The number of aromatic carboxylic acids is 1. The number of benzene rings is 1. The molecule has 12 heavy (non-hydrogen) atoms. The van der Waals surface area contributed by atoms with E-state index in [2.05, 4.69) is 0 Å². The highest BCUT2D eigenvalue weighted by Crippen LogP contribution is 2.07. The summed E-state index contributed by atoms with van der Waals surface area (Å²) < 4.78 is 29.4. The lowest BCUT2D eigenvalue weighted by molar-refractivity contribution is 0.0697. The van der Waals surface area contributed by atoms with E-state index in [1.807, 2.05) is 5.43 Å². The van der Waals surface area contributed by atoms with Crippen molar-refractivity contribution in [1.29, 1.82) is 0 Å². The third-order valence-corrected chi connectivity index (χ3v) is 0.983. The summed E-state index contributed by atoms with van der Waals surface area (Å²) in [5.74, 6) is 3.51. The monoisotopic (exact) mass is 192 g/mol. The molecule has 0 fully saturated rings. The van der Waals surface area contributed by atoms with E-state index in [-0.39, 0.29) is 18.1 Å². The molecule has 0 aliphatic heterocycles. The van der Waals surface area contributed by atoms with Crippen LogP contribution in [0.5, 0.6) is 0 Å². The van der Waals surface area contributed by atoms with Gasteiger partial charge in [-0.3, -0.25) is 5.84 Å². The Morgan fingerprint density at radius 3 is 2.33 bits per heavy atom. The van der Waals surface area contributed by atoms with Gasteiger partial charge in [-0.15, -0.1) is 12.4 Å². The normalized spacial score (nSPS) is 13.1. The third-order valence-electron chi connectivity index (χ3n) is 0.983. The molecule has 0 saturated carbocycles. The summed E-state index contributed by atoms with van der Waals surface area (Å²) in [6, 6.07) is -2.26. The molecule has 4 N–H and O–H groups in total. The Bertz CT molecular complexity index is 412. The quantitative estimate of drug-likeness (QED) is 0.485. The highest BCUT2D eigenvalue weighted by molar-refractivity contribution is 5.87. The van der Waals surface area contributed by atoms with Crippen molar-refractivity contribution < 1.29 is 15.4 Å². The fourth-order valence-corrected chi connectivity index (χ4v) is 0.492. The maximum Gasteiger partial charge on any atom is 0.335 e. The average molecular weight is 193 g/mol. The molecule has 0 radical (unpaired) electrons. The second kappa shape index (κ2) is 4.58. The second-order valence-corrected chi connectivity index (χ2v) is 1.70. The maximum atomic E-state index is 10.7. The number of anilines is 1. The van der Waals surface area contributed by atoms with Crippen LogP contribution in [0.3, 0.4) is 0 Å². The van der Waals surface area contributed by atoms with Crippen molar-refractivity contribution in [2.24, 2.45) is 5.84 Å². The van der Waals surface area contributed by atoms with Crippen molar-refractivity contribution in [3.63, 3.8) is 0 Å². The Labute approximate surface area is 81.4 Å². The molecule has 0 bridgehead atoms. The number of halogens is 1. The van der Waals surface area contributed by atoms with E-state index in [1.54, 1.807) is 0 Å². The van der Waals surface area contributed by atoms with Gasteiger partial charge in [-0.1, -0.05) is 0 Å². The molecule has 0 aliphatic carbocycles. The Kier molecular flexibility index (Phi) is 2.06. The Balaban J connectivity index is 0.00000225. The number of rotatable bonds is 2. The van der Waals surface area contributed by atoms with Crippen LogP contribution in [0.2, 0.25) is 0 Å². The Hall–Kier alpha value is -1.26. The van der Waals surface area contributed by atoms with Crippen LogP contribution in [-0.4, -0.2) is 11.1 Å². The molecule has 0 saturated heterocycles. The van der Waals surface area contributed by atoms with E-state index >= 15 is 0 Å². The van der Waals surface area contributed by atoms with Gasteiger partial charge in [0.05, 0.1) is 11.0 Å². The molecule has 5 heteroatoms. The van der Waals surface area contributed by atoms with Gasteiger partial charge in [0.25, 0.3) is 0 Å². The smallest absolute Gasteiger partial charge is 0.335 e. The highest BCUT2D eigenvalue weighted by Gasteiger charge is 1.99. The van der Waals surface area contributed by atoms with Crippen LogP contribution in [0.1, 0.15) is 15.8 Å². The van der Waals surface area contributed by atoms with Crippen LogP contribution >= 0.6 is 12.4 Å². The lowest BCUT2D eigenvalue weighted by Crippen LogP contribution is -2.06. The van der Waals surface area contributed by atoms with Crippen LogP contribution < -0.4 is 11.3 Å². The molecule has 0 spiro atoms. The fraction of sp³-hybridized carbons (Fsp3) is 0. The van der Waals surface area contributed by atoms with Gasteiger partial charge in [0.2, 0.25) is 0 Å². The summed E-state index contributed by atoms with van der Waals surface area (Å²) in [6.07, 6.45) is 0. The van der Waals surface area contributed by atoms with E-state index in [1.165, 1.54) is 0 Å². The third kappa shape index (κ3) is 2.41. The highest BCUT2D eigenvalue weighted by atomic mass is 35.5. The van der Waals surface area contributed by atoms with Crippen molar-refractivity contribution in [1.82, 2.24) is 0 Å². The first-order valence-corrected chi connectivity index (χ1v) is 2.72. The number of carboxylic acids is 1. The topological polar surface area (TPSA) is 75.3 Å². The largest absolute Gasteiger partial charge is 0.478 e. The molecule has 0 unspecified atom stereocenters. The molecule has 1 aromatic carbocycles. The van der Waals surface area contributed by atoms with E-state index in [0.717, 1.165) is 0 Å². The maximum absolute atomic E-state index is 10.7. The van der Waals surface area contributed by atoms with Gasteiger partial charge in [-0.2, -0.15) is 0 Å². The summed E-state index contributed by atoms with van der Waals surface area (Å²) in [6.45, 7) is 0. The molecule has 0 atom stereocenters. The summed E-state index contributed by atoms with van der Waals surface area (Å²) >= 11 is 0. The van der Waals surface area contributed by atoms with Crippen LogP contribution in [0.25, 0.3) is 0 Å². The van der Waals surface area contributed by atoms with Crippen LogP contribution in [0.4, 0.5) is 5.69 Å². The first-order valence-electron chi connectivity index (χ1n) is 4.72. The molecule has 0 amide bonds. The predicted molar refractivity (Wildman–Crippen MR) is 48.5 cm³/mol. The lowest BCUT2D eigenvalue weighted by Gasteiger charge is -1.98. The Morgan fingerprint density at radius 1 is 1.50 bits per heavy atom. The molecular weight excluding hydrogens is 180 g/mol. The molecule has 66 valence electrons. The summed E-state index contributed by atoms with van der Waals surface area (Å²) in [7, 11) is 0. The molecule has 0 heterocycles. The number of nitrogens with one attached hydrogen (secondary N) is 1. The first kappa shape index (κ1) is 5.40. The number of carboxylic acid groups (broad SMARTS) is 1. The zero-order valence-corrected chi connectivity index (χ0v) is 6.66. The molecule has 0 aliphatic rings. The molecule has 1 aromatic rings. The van der Waals surface area contributed by atoms with Crippen LogP contribution in [0, 0.1) is 0 Å². The summed E-state index contributed by atoms with van der Waals surface area (Å²) in [4.78, 5) is 10.7. The summed E-state index contributed by atoms with van der Waals surface area (Å²) in [5, 5.41) is 8.70. The molecular formula is C7H9ClN2O2. The van der Waals surface area contributed by atoms with Crippen molar-refractivity contribution in [2.45, 2.75) is 0 Å². The number of nitrogen functional groups attached to an aromatic ring is 1. The predicted octanol–water partition coefficient (Wildman–Crippen LogP) is 1.09. The molecule has 1 rings (SSSR count).